The average molecular weight is 489 g/mol. The molecule has 0 radical (unpaired) electrons. The minimum Gasteiger partial charge on any atom is -0.507 e. The monoisotopic (exact) mass is 488 g/mol. The predicted molar refractivity (Wildman–Crippen MR) is 150 cm³/mol. The van der Waals surface area contributed by atoms with Gasteiger partial charge in [-0.1, -0.05) is 66.7 Å². The number of rotatable bonds is 3. The Kier molecular flexibility index (Phi) is 5.29. The Balaban J connectivity index is 1.58. The highest BCUT2D eigenvalue weighted by Crippen LogP contribution is 2.57. The van der Waals surface area contributed by atoms with Crippen molar-refractivity contribution in [1.82, 2.24) is 4.90 Å². The van der Waals surface area contributed by atoms with E-state index < -0.39 is 5.72 Å². The van der Waals surface area contributed by atoms with Gasteiger partial charge in [0.05, 0.1) is 11.8 Å². The zero-order chi connectivity index (χ0) is 25.9. The van der Waals surface area contributed by atoms with E-state index >= 15 is 0 Å². The molecule has 4 aromatic carbocycles. The standard InChI is InChI=1S/C33H32N2O2/c1-21-11-9-10-14-25(21)28-26(36)17-18-27-31(28)34-20-33(37-27)30-23(3)16-15-22(2)29(30)32(4,5)35(33)19-24-12-7-6-8-13-24/h6-18,20,36H,19H2,1-5H3. The van der Waals surface area contributed by atoms with Gasteiger partial charge in [0.2, 0.25) is 5.72 Å². The van der Waals surface area contributed by atoms with Crippen LogP contribution in [0.3, 0.4) is 0 Å². The van der Waals surface area contributed by atoms with Gasteiger partial charge < -0.3 is 9.84 Å². The minimum atomic E-state index is -0.877. The van der Waals surface area contributed by atoms with Crippen molar-refractivity contribution in [1.29, 1.82) is 0 Å². The Morgan fingerprint density at radius 1 is 0.784 bits per heavy atom. The van der Waals surface area contributed by atoms with Gasteiger partial charge in [0, 0.05) is 17.6 Å². The van der Waals surface area contributed by atoms with E-state index in [0.717, 1.165) is 16.7 Å². The SMILES string of the molecule is Cc1ccccc1-c1c(O)ccc2c1N=CC1(O2)c2c(C)ccc(C)c2C(C)(C)N1Cc1ccccc1. The number of phenols is 1. The Bertz CT molecular complexity index is 1550. The summed E-state index contributed by atoms with van der Waals surface area (Å²) in [4.78, 5) is 7.51. The smallest absolute Gasteiger partial charge is 0.227 e. The van der Waals surface area contributed by atoms with Crippen LogP contribution in [0.15, 0.2) is 83.9 Å². The summed E-state index contributed by atoms with van der Waals surface area (Å²) in [6, 6.07) is 26.5. The molecule has 4 heteroatoms. The molecule has 2 heterocycles. The highest BCUT2D eigenvalue weighted by Gasteiger charge is 2.58. The first-order valence-corrected chi connectivity index (χ1v) is 12.8. The molecule has 0 amide bonds. The zero-order valence-corrected chi connectivity index (χ0v) is 22.0. The number of benzene rings is 4. The molecule has 0 bridgehead atoms. The number of aryl methyl sites for hydroxylation is 3. The predicted octanol–water partition coefficient (Wildman–Crippen LogP) is 7.68. The molecule has 0 saturated carbocycles. The van der Waals surface area contributed by atoms with Gasteiger partial charge in [-0.15, -0.1) is 0 Å². The van der Waals surface area contributed by atoms with Crippen molar-refractivity contribution >= 4 is 11.9 Å². The van der Waals surface area contributed by atoms with Crippen molar-refractivity contribution in [3.8, 4) is 22.6 Å². The maximum absolute atomic E-state index is 10.9. The lowest BCUT2D eigenvalue weighted by Gasteiger charge is -2.44. The first-order chi connectivity index (χ1) is 17.7. The third-order valence-electron chi connectivity index (χ3n) is 8.02. The maximum atomic E-state index is 10.9. The van der Waals surface area contributed by atoms with Crippen LogP contribution in [0.5, 0.6) is 11.5 Å². The van der Waals surface area contributed by atoms with E-state index in [-0.39, 0.29) is 11.3 Å². The Hall–Kier alpha value is -3.89. The fourth-order valence-electron chi connectivity index (χ4n) is 6.30. The Morgan fingerprint density at radius 3 is 2.19 bits per heavy atom. The molecule has 0 saturated heterocycles. The summed E-state index contributed by atoms with van der Waals surface area (Å²) in [5.74, 6) is 0.867. The molecule has 4 aromatic rings. The number of ether oxygens (including phenoxy) is 1. The molecule has 2 aliphatic rings. The largest absolute Gasteiger partial charge is 0.507 e. The number of nitrogens with zero attached hydrogens (tertiary/aromatic N) is 2. The summed E-state index contributed by atoms with van der Waals surface area (Å²) in [6.45, 7) is 11.6. The van der Waals surface area contributed by atoms with Gasteiger partial charge in [-0.2, -0.15) is 0 Å². The molecule has 0 aliphatic carbocycles. The van der Waals surface area contributed by atoms with Crippen LogP contribution in [-0.4, -0.2) is 16.2 Å². The van der Waals surface area contributed by atoms with Crippen molar-refractivity contribution in [2.24, 2.45) is 4.99 Å². The molecule has 1 unspecified atom stereocenters. The summed E-state index contributed by atoms with van der Waals surface area (Å²) in [7, 11) is 0. The first-order valence-electron chi connectivity index (χ1n) is 12.8. The molecule has 1 spiro atoms. The van der Waals surface area contributed by atoms with Crippen molar-refractivity contribution in [2.75, 3.05) is 0 Å². The number of hydrogen-bond donors (Lipinski definition) is 1. The van der Waals surface area contributed by atoms with E-state index in [1.807, 2.05) is 49.5 Å². The molecule has 0 aromatic heterocycles. The summed E-state index contributed by atoms with van der Waals surface area (Å²) in [5, 5.41) is 10.9. The van der Waals surface area contributed by atoms with Gasteiger partial charge in [-0.3, -0.25) is 4.99 Å². The Morgan fingerprint density at radius 2 is 1.46 bits per heavy atom. The molecule has 4 nitrogen and oxygen atoms in total. The summed E-state index contributed by atoms with van der Waals surface area (Å²) in [6.07, 6.45) is 1.96. The molecule has 1 atom stereocenters. The van der Waals surface area contributed by atoms with Crippen LogP contribution < -0.4 is 4.74 Å². The molecule has 37 heavy (non-hydrogen) atoms. The lowest BCUT2D eigenvalue weighted by Crippen LogP contribution is -2.53. The molecule has 1 N–H and O–H groups in total. The maximum Gasteiger partial charge on any atom is 0.227 e. The van der Waals surface area contributed by atoms with Crippen LogP contribution in [0.25, 0.3) is 11.1 Å². The molecular weight excluding hydrogens is 456 g/mol. The molecule has 0 fully saturated rings. The van der Waals surface area contributed by atoms with Gasteiger partial charge in [0.15, 0.2) is 0 Å². The van der Waals surface area contributed by atoms with E-state index in [1.165, 1.54) is 22.3 Å². The number of hydrogen-bond acceptors (Lipinski definition) is 4. The van der Waals surface area contributed by atoms with Crippen LogP contribution in [0.2, 0.25) is 0 Å². The van der Waals surface area contributed by atoms with Gasteiger partial charge >= 0.3 is 0 Å². The molecule has 2 aliphatic heterocycles. The lowest BCUT2D eigenvalue weighted by atomic mass is 9.86. The van der Waals surface area contributed by atoms with E-state index in [4.69, 9.17) is 9.73 Å². The van der Waals surface area contributed by atoms with E-state index in [1.54, 1.807) is 6.07 Å². The van der Waals surface area contributed by atoms with Gasteiger partial charge in [-0.05, 0) is 80.1 Å². The van der Waals surface area contributed by atoms with Gasteiger partial charge in [0.1, 0.15) is 17.2 Å². The van der Waals surface area contributed by atoms with Gasteiger partial charge in [0.25, 0.3) is 0 Å². The second-order valence-electron chi connectivity index (χ2n) is 10.8. The summed E-state index contributed by atoms with van der Waals surface area (Å²) >= 11 is 0. The normalized spacial score (nSPS) is 19.5. The highest BCUT2D eigenvalue weighted by atomic mass is 16.5. The fourth-order valence-corrected chi connectivity index (χ4v) is 6.30. The lowest BCUT2D eigenvalue weighted by molar-refractivity contribution is -0.0740. The van der Waals surface area contributed by atoms with Crippen LogP contribution in [0.4, 0.5) is 5.69 Å². The molecule has 186 valence electrons. The third kappa shape index (κ3) is 3.43. The van der Waals surface area contributed by atoms with E-state index in [0.29, 0.717) is 23.5 Å². The van der Waals surface area contributed by atoms with Crippen molar-refractivity contribution in [2.45, 2.75) is 52.4 Å². The van der Waals surface area contributed by atoms with E-state index in [2.05, 4.69) is 69.0 Å². The van der Waals surface area contributed by atoms with Crippen molar-refractivity contribution < 1.29 is 9.84 Å². The number of aromatic hydroxyl groups is 1. The summed E-state index contributed by atoms with van der Waals surface area (Å²) in [5.41, 5.74) is 8.30. The number of aliphatic imine (C=N–C) groups is 1. The third-order valence-corrected chi connectivity index (χ3v) is 8.02. The average Bonchev–Trinajstić information content (AvgIpc) is 3.07. The highest BCUT2D eigenvalue weighted by molar-refractivity contribution is 5.92. The van der Waals surface area contributed by atoms with Crippen LogP contribution in [0, 0.1) is 20.8 Å². The fraction of sp³-hybridized carbons (Fsp3) is 0.242. The molecule has 6 rings (SSSR count). The zero-order valence-electron chi connectivity index (χ0n) is 22.0. The number of phenolic OH excluding ortho intramolecular Hbond substituents is 1. The summed E-state index contributed by atoms with van der Waals surface area (Å²) < 4.78 is 7.09. The van der Waals surface area contributed by atoms with Crippen LogP contribution >= 0.6 is 0 Å². The quantitative estimate of drug-likeness (QED) is 0.322. The molecular formula is C33H32N2O2. The first kappa shape index (κ1) is 23.5. The minimum absolute atomic E-state index is 0.199. The van der Waals surface area contributed by atoms with Crippen molar-refractivity contribution in [3.63, 3.8) is 0 Å². The number of fused-ring (bicyclic) bond motifs is 3. The second-order valence-corrected chi connectivity index (χ2v) is 10.8. The van der Waals surface area contributed by atoms with Gasteiger partial charge in [-0.25, -0.2) is 4.90 Å². The Labute approximate surface area is 218 Å². The second kappa shape index (κ2) is 8.32. The van der Waals surface area contributed by atoms with Crippen LogP contribution in [0.1, 0.15) is 47.2 Å². The topological polar surface area (TPSA) is 45.1 Å². The van der Waals surface area contributed by atoms with E-state index in [9.17, 15) is 5.11 Å². The van der Waals surface area contributed by atoms with Crippen LogP contribution in [-0.2, 0) is 17.8 Å². The van der Waals surface area contributed by atoms with Crippen molar-refractivity contribution in [3.05, 3.63) is 112 Å².